The maximum absolute atomic E-state index is 13.7. The van der Waals surface area contributed by atoms with Crippen LogP contribution in [0.5, 0.6) is 5.75 Å². The molecule has 2 aromatic carbocycles. The summed E-state index contributed by atoms with van der Waals surface area (Å²) in [5.41, 5.74) is 1.61. The average Bonchev–Trinajstić information content (AvgIpc) is 2.57. The van der Waals surface area contributed by atoms with Crippen LogP contribution in [0.2, 0.25) is 0 Å². The highest BCUT2D eigenvalue weighted by Crippen LogP contribution is 2.24. The van der Waals surface area contributed by atoms with Gasteiger partial charge in [0.1, 0.15) is 11.9 Å². The van der Waals surface area contributed by atoms with E-state index in [-0.39, 0.29) is 17.8 Å². The molecule has 3 nitrogen and oxygen atoms in total. The van der Waals surface area contributed by atoms with E-state index in [1.165, 1.54) is 12.1 Å². The van der Waals surface area contributed by atoms with Crippen LogP contribution in [-0.2, 0) is 0 Å². The van der Waals surface area contributed by atoms with Crippen LogP contribution < -0.4 is 4.74 Å². The van der Waals surface area contributed by atoms with E-state index in [1.54, 1.807) is 4.90 Å². The summed E-state index contributed by atoms with van der Waals surface area (Å²) < 4.78 is 33.2. The Morgan fingerprint density at radius 3 is 2.52 bits per heavy atom. The molecule has 0 bridgehead atoms. The smallest absolute Gasteiger partial charge is 0.254 e. The number of benzene rings is 2. The van der Waals surface area contributed by atoms with Gasteiger partial charge in [-0.25, -0.2) is 8.78 Å². The number of ether oxygens (including phenoxy) is 1. The van der Waals surface area contributed by atoms with E-state index in [0.717, 1.165) is 16.1 Å². The number of aryl methyl sites for hydroxylation is 1. The van der Waals surface area contributed by atoms with E-state index in [4.69, 9.17) is 4.74 Å². The number of piperidine rings is 1. The molecular weight excluding hydrogens is 392 g/mol. The van der Waals surface area contributed by atoms with Crippen molar-refractivity contribution in [1.29, 1.82) is 0 Å². The average molecular weight is 410 g/mol. The third-order valence-corrected chi connectivity index (χ3v) is 4.83. The second-order valence-electron chi connectivity index (χ2n) is 6.14. The zero-order valence-electron chi connectivity index (χ0n) is 13.8. The predicted molar refractivity (Wildman–Crippen MR) is 94.8 cm³/mol. The third-order valence-electron chi connectivity index (χ3n) is 4.34. The van der Waals surface area contributed by atoms with Gasteiger partial charge in [-0.15, -0.1) is 0 Å². The first-order valence-corrected chi connectivity index (χ1v) is 8.90. The molecule has 1 heterocycles. The van der Waals surface area contributed by atoms with Crippen LogP contribution in [0.25, 0.3) is 0 Å². The second kappa shape index (κ2) is 7.52. The molecule has 0 atom stereocenters. The van der Waals surface area contributed by atoms with Gasteiger partial charge in [0, 0.05) is 42.0 Å². The maximum Gasteiger partial charge on any atom is 0.254 e. The molecule has 132 valence electrons. The summed E-state index contributed by atoms with van der Waals surface area (Å²) in [6.45, 7) is 2.99. The molecule has 1 amide bonds. The van der Waals surface area contributed by atoms with Gasteiger partial charge in [-0.05, 0) is 42.8 Å². The van der Waals surface area contributed by atoms with Crippen LogP contribution in [0.1, 0.15) is 28.8 Å². The minimum atomic E-state index is -0.705. The summed E-state index contributed by atoms with van der Waals surface area (Å²) in [7, 11) is 0. The quantitative estimate of drug-likeness (QED) is 0.733. The van der Waals surface area contributed by atoms with Gasteiger partial charge < -0.3 is 9.64 Å². The van der Waals surface area contributed by atoms with Crippen molar-refractivity contribution in [3.8, 4) is 5.75 Å². The molecule has 0 aromatic heterocycles. The van der Waals surface area contributed by atoms with Crippen LogP contribution in [0.15, 0.2) is 40.9 Å². The highest BCUT2D eigenvalue weighted by molar-refractivity contribution is 9.10. The van der Waals surface area contributed by atoms with Gasteiger partial charge in [0.2, 0.25) is 0 Å². The second-order valence-corrected chi connectivity index (χ2v) is 7.06. The summed E-state index contributed by atoms with van der Waals surface area (Å²) in [4.78, 5) is 14.4. The minimum absolute atomic E-state index is 0.00332. The molecule has 0 radical (unpaired) electrons. The Bertz CT molecular complexity index is 789. The summed E-state index contributed by atoms with van der Waals surface area (Å²) in [5.74, 6) is -1.29. The number of rotatable bonds is 3. The summed E-state index contributed by atoms with van der Waals surface area (Å²) in [6.07, 6.45) is 1.03. The van der Waals surface area contributed by atoms with Gasteiger partial charge in [-0.1, -0.05) is 15.9 Å². The molecular formula is C19H18BrF2NO2. The summed E-state index contributed by atoms with van der Waals surface area (Å²) in [6, 6.07) is 8.87. The van der Waals surface area contributed by atoms with Crippen molar-refractivity contribution < 1.29 is 18.3 Å². The van der Waals surface area contributed by atoms with Gasteiger partial charge in [-0.3, -0.25) is 4.79 Å². The number of amides is 1. The van der Waals surface area contributed by atoms with Crippen LogP contribution >= 0.6 is 15.9 Å². The first-order chi connectivity index (χ1) is 11.9. The molecule has 25 heavy (non-hydrogen) atoms. The largest absolute Gasteiger partial charge is 0.487 e. The first kappa shape index (κ1) is 17.9. The number of hydrogen-bond acceptors (Lipinski definition) is 2. The maximum atomic E-state index is 13.7. The van der Waals surface area contributed by atoms with Crippen LogP contribution in [0.3, 0.4) is 0 Å². The van der Waals surface area contributed by atoms with Gasteiger partial charge in [0.25, 0.3) is 5.91 Å². The lowest BCUT2D eigenvalue weighted by Gasteiger charge is -2.32. The molecule has 1 aliphatic rings. The zero-order chi connectivity index (χ0) is 18.0. The van der Waals surface area contributed by atoms with Gasteiger partial charge in [0.15, 0.2) is 11.6 Å². The number of hydrogen-bond donors (Lipinski definition) is 0. The molecule has 0 N–H and O–H groups in total. The number of nitrogens with zero attached hydrogens (tertiary/aromatic N) is 1. The fourth-order valence-corrected chi connectivity index (χ4v) is 3.44. The Labute approximate surface area is 153 Å². The fraction of sp³-hybridized carbons (Fsp3) is 0.316. The van der Waals surface area contributed by atoms with E-state index in [0.29, 0.717) is 31.5 Å². The summed E-state index contributed by atoms with van der Waals surface area (Å²) >= 11 is 3.40. The van der Waals surface area contributed by atoms with E-state index >= 15 is 0 Å². The van der Waals surface area contributed by atoms with Crippen molar-refractivity contribution in [1.82, 2.24) is 4.90 Å². The van der Waals surface area contributed by atoms with E-state index in [9.17, 15) is 13.6 Å². The molecule has 0 aliphatic carbocycles. The molecule has 0 spiro atoms. The van der Waals surface area contributed by atoms with Crippen molar-refractivity contribution in [2.24, 2.45) is 0 Å². The Morgan fingerprint density at radius 1 is 1.16 bits per heavy atom. The third kappa shape index (κ3) is 4.18. The van der Waals surface area contributed by atoms with Gasteiger partial charge >= 0.3 is 0 Å². The van der Waals surface area contributed by atoms with Crippen LogP contribution in [-0.4, -0.2) is 30.0 Å². The Hall–Kier alpha value is -1.95. The molecule has 1 saturated heterocycles. The van der Waals surface area contributed by atoms with Crippen molar-refractivity contribution in [3.63, 3.8) is 0 Å². The summed E-state index contributed by atoms with van der Waals surface area (Å²) in [5, 5.41) is 0. The Balaban J connectivity index is 1.60. The molecule has 0 unspecified atom stereocenters. The fourth-order valence-electron chi connectivity index (χ4n) is 2.96. The molecule has 6 heteroatoms. The lowest BCUT2D eigenvalue weighted by molar-refractivity contribution is 0.0587. The molecule has 1 fully saturated rings. The lowest BCUT2D eigenvalue weighted by atomic mass is 10.0. The molecule has 0 saturated carbocycles. The lowest BCUT2D eigenvalue weighted by Crippen LogP contribution is -2.42. The monoisotopic (exact) mass is 409 g/mol. The van der Waals surface area contributed by atoms with Crippen molar-refractivity contribution >= 4 is 21.8 Å². The van der Waals surface area contributed by atoms with Gasteiger partial charge in [-0.2, -0.15) is 0 Å². The van der Waals surface area contributed by atoms with Gasteiger partial charge in [0.05, 0.1) is 0 Å². The minimum Gasteiger partial charge on any atom is -0.487 e. The highest BCUT2D eigenvalue weighted by atomic mass is 79.9. The number of halogens is 3. The Kier molecular flexibility index (Phi) is 5.37. The molecule has 1 aliphatic heterocycles. The predicted octanol–water partition coefficient (Wildman–Crippen LogP) is 4.72. The Morgan fingerprint density at radius 2 is 1.88 bits per heavy atom. The standard InChI is InChI=1S/C19H18BrF2NO2/c1-12-10-13(20)2-4-16(12)19(24)23-8-6-15(7-9-23)25-18-5-3-14(21)11-17(18)22/h2-5,10-11,15H,6-9H2,1H3. The number of likely N-dealkylation sites (tertiary alicyclic amines) is 1. The topological polar surface area (TPSA) is 29.5 Å². The van der Waals surface area contributed by atoms with Crippen molar-refractivity contribution in [2.45, 2.75) is 25.9 Å². The highest BCUT2D eigenvalue weighted by Gasteiger charge is 2.26. The normalized spacial score (nSPS) is 15.3. The van der Waals surface area contributed by atoms with Crippen LogP contribution in [0, 0.1) is 18.6 Å². The number of carbonyl (C=O) groups excluding carboxylic acids is 1. The first-order valence-electron chi connectivity index (χ1n) is 8.11. The van der Waals surface area contributed by atoms with Crippen LogP contribution in [0.4, 0.5) is 8.78 Å². The zero-order valence-corrected chi connectivity index (χ0v) is 15.4. The molecule has 3 rings (SSSR count). The van der Waals surface area contributed by atoms with E-state index < -0.39 is 11.6 Å². The number of carbonyl (C=O) groups is 1. The van der Waals surface area contributed by atoms with Crippen molar-refractivity contribution in [2.75, 3.05) is 13.1 Å². The van der Waals surface area contributed by atoms with Crippen molar-refractivity contribution in [3.05, 3.63) is 63.6 Å². The van der Waals surface area contributed by atoms with E-state index in [1.807, 2.05) is 25.1 Å². The van der Waals surface area contributed by atoms with E-state index in [2.05, 4.69) is 15.9 Å². The SMILES string of the molecule is Cc1cc(Br)ccc1C(=O)N1CCC(Oc2ccc(F)cc2F)CC1. The molecule has 2 aromatic rings.